The maximum Gasteiger partial charge on any atom is 0.268 e. The minimum absolute atomic E-state index is 0.0869. The minimum Gasteiger partial charge on any atom is -0.309 e. The summed E-state index contributed by atoms with van der Waals surface area (Å²) in [4.78, 5) is 20.9. The Bertz CT molecular complexity index is 1050. The van der Waals surface area contributed by atoms with Crippen molar-refractivity contribution in [1.29, 1.82) is 0 Å². The first-order valence-corrected chi connectivity index (χ1v) is 8.71. The third kappa shape index (κ3) is 2.98. The number of nitrogens with one attached hydrogen (secondary N) is 1. The molecule has 0 saturated carbocycles. The minimum atomic E-state index is -0.0869. The highest BCUT2D eigenvalue weighted by atomic mass is 35.5. The largest absolute Gasteiger partial charge is 0.309 e. The lowest BCUT2D eigenvalue weighted by atomic mass is 10.1. The van der Waals surface area contributed by atoms with Gasteiger partial charge < -0.3 is 4.98 Å². The number of hydrogen-bond acceptors (Lipinski definition) is 3. The molecule has 2 heterocycles. The van der Waals surface area contributed by atoms with E-state index < -0.39 is 0 Å². The summed E-state index contributed by atoms with van der Waals surface area (Å²) in [6.07, 6.45) is 0.568. The van der Waals surface area contributed by atoms with Gasteiger partial charge in [0.1, 0.15) is 10.5 Å². The van der Waals surface area contributed by atoms with Crippen LogP contribution < -0.4 is 5.56 Å². The summed E-state index contributed by atoms with van der Waals surface area (Å²) in [5, 5.41) is 0.695. The molecule has 0 aliphatic rings. The number of hydrogen-bond donors (Lipinski definition) is 1. The van der Waals surface area contributed by atoms with Crippen molar-refractivity contribution in [3.05, 3.63) is 87.4 Å². The molecular formula is C19H13ClN2OS. The van der Waals surface area contributed by atoms with Crippen molar-refractivity contribution >= 4 is 33.2 Å². The lowest BCUT2D eigenvalue weighted by molar-refractivity contribution is 0.976. The number of benzene rings is 2. The Morgan fingerprint density at radius 1 is 1.04 bits per heavy atom. The van der Waals surface area contributed by atoms with Crippen LogP contribution in [0.2, 0.25) is 5.02 Å². The molecule has 4 rings (SSSR count). The fourth-order valence-electron chi connectivity index (χ4n) is 2.61. The van der Waals surface area contributed by atoms with Crippen molar-refractivity contribution < 1.29 is 0 Å². The van der Waals surface area contributed by atoms with Crippen LogP contribution in [0.4, 0.5) is 0 Å². The molecule has 4 aromatic rings. The van der Waals surface area contributed by atoms with Crippen LogP contribution in [-0.2, 0) is 6.42 Å². The van der Waals surface area contributed by atoms with Crippen molar-refractivity contribution in [3.8, 4) is 10.4 Å². The van der Waals surface area contributed by atoms with E-state index in [0.29, 0.717) is 22.0 Å². The van der Waals surface area contributed by atoms with Crippen LogP contribution in [0.1, 0.15) is 11.4 Å². The summed E-state index contributed by atoms with van der Waals surface area (Å²) < 4.78 is 0.661. The van der Waals surface area contributed by atoms with Gasteiger partial charge in [-0.3, -0.25) is 4.79 Å². The molecule has 118 valence electrons. The molecule has 0 spiro atoms. The highest BCUT2D eigenvalue weighted by Gasteiger charge is 2.10. The SMILES string of the molecule is O=c1[nH]c(Cc2ccc(Cl)cc2)nc2cc(-c3ccccc3)sc12. The van der Waals surface area contributed by atoms with Crippen LogP contribution >= 0.6 is 22.9 Å². The Kier molecular flexibility index (Phi) is 3.92. The highest BCUT2D eigenvalue weighted by molar-refractivity contribution is 7.22. The molecule has 3 nitrogen and oxygen atoms in total. The Morgan fingerprint density at radius 2 is 1.79 bits per heavy atom. The molecular weight excluding hydrogens is 340 g/mol. The van der Waals surface area contributed by atoms with E-state index in [9.17, 15) is 4.79 Å². The molecule has 24 heavy (non-hydrogen) atoms. The second kappa shape index (κ2) is 6.23. The summed E-state index contributed by atoms with van der Waals surface area (Å²) in [5.41, 5.74) is 2.81. The van der Waals surface area contributed by atoms with E-state index in [1.165, 1.54) is 11.3 Å². The molecule has 2 aromatic heterocycles. The molecule has 0 saturated heterocycles. The van der Waals surface area contributed by atoms with E-state index in [1.54, 1.807) is 0 Å². The standard InChI is InChI=1S/C19H13ClN2OS/c20-14-8-6-12(7-9-14)10-17-21-15-11-16(13-4-2-1-3-5-13)24-18(15)19(23)22-17/h1-9,11H,10H2,(H,21,22,23). The van der Waals surface area contributed by atoms with E-state index in [2.05, 4.69) is 9.97 Å². The van der Waals surface area contributed by atoms with E-state index in [0.717, 1.165) is 21.5 Å². The van der Waals surface area contributed by atoms with Crippen molar-refractivity contribution in [2.75, 3.05) is 0 Å². The molecule has 0 aliphatic carbocycles. The van der Waals surface area contributed by atoms with Crippen LogP contribution in [0.5, 0.6) is 0 Å². The maximum atomic E-state index is 12.4. The predicted molar refractivity (Wildman–Crippen MR) is 99.9 cm³/mol. The first-order valence-electron chi connectivity index (χ1n) is 7.52. The molecule has 0 fully saturated rings. The Morgan fingerprint density at radius 3 is 2.54 bits per heavy atom. The van der Waals surface area contributed by atoms with Gasteiger partial charge in [0, 0.05) is 16.3 Å². The van der Waals surface area contributed by atoms with Crippen LogP contribution in [0, 0.1) is 0 Å². The summed E-state index contributed by atoms with van der Waals surface area (Å²) in [6.45, 7) is 0. The Labute approximate surface area is 147 Å². The van der Waals surface area contributed by atoms with Gasteiger partial charge in [0.15, 0.2) is 0 Å². The van der Waals surface area contributed by atoms with E-state index >= 15 is 0 Å². The quantitative estimate of drug-likeness (QED) is 0.570. The van der Waals surface area contributed by atoms with Crippen LogP contribution in [0.3, 0.4) is 0 Å². The number of halogens is 1. The van der Waals surface area contributed by atoms with Gasteiger partial charge in [-0.25, -0.2) is 4.98 Å². The summed E-state index contributed by atoms with van der Waals surface area (Å²) in [6, 6.07) is 19.6. The zero-order valence-corrected chi connectivity index (χ0v) is 14.2. The number of fused-ring (bicyclic) bond motifs is 1. The van der Waals surface area contributed by atoms with Gasteiger partial charge in [-0.15, -0.1) is 11.3 Å². The molecule has 2 aromatic carbocycles. The summed E-state index contributed by atoms with van der Waals surface area (Å²) in [7, 11) is 0. The van der Waals surface area contributed by atoms with E-state index in [-0.39, 0.29) is 5.56 Å². The van der Waals surface area contributed by atoms with E-state index in [1.807, 2.05) is 60.7 Å². The topological polar surface area (TPSA) is 45.8 Å². The lowest BCUT2D eigenvalue weighted by Crippen LogP contribution is -2.10. The van der Waals surface area contributed by atoms with Gasteiger partial charge in [0.25, 0.3) is 5.56 Å². The Balaban J connectivity index is 1.74. The Hall–Kier alpha value is -2.43. The van der Waals surface area contributed by atoms with Gasteiger partial charge in [0.2, 0.25) is 0 Å². The fourth-order valence-corrected chi connectivity index (χ4v) is 3.74. The monoisotopic (exact) mass is 352 g/mol. The average Bonchev–Trinajstić information content (AvgIpc) is 3.03. The number of aromatic amines is 1. The summed E-state index contributed by atoms with van der Waals surface area (Å²) >= 11 is 7.38. The molecule has 0 radical (unpaired) electrons. The fraction of sp³-hybridized carbons (Fsp3) is 0.0526. The molecule has 1 N–H and O–H groups in total. The first kappa shape index (κ1) is 15.1. The van der Waals surface area contributed by atoms with E-state index in [4.69, 9.17) is 11.6 Å². The number of thiophene rings is 1. The van der Waals surface area contributed by atoms with Crippen molar-refractivity contribution in [1.82, 2.24) is 9.97 Å². The molecule has 0 unspecified atom stereocenters. The van der Waals surface area contributed by atoms with Gasteiger partial charge in [0.05, 0.1) is 5.52 Å². The predicted octanol–water partition coefficient (Wildman–Crippen LogP) is 4.90. The maximum absolute atomic E-state index is 12.4. The zero-order chi connectivity index (χ0) is 16.5. The third-order valence-corrected chi connectivity index (χ3v) is 5.20. The molecule has 0 bridgehead atoms. The smallest absolute Gasteiger partial charge is 0.268 e. The average molecular weight is 353 g/mol. The van der Waals surface area contributed by atoms with Gasteiger partial charge in [-0.2, -0.15) is 0 Å². The summed E-state index contributed by atoms with van der Waals surface area (Å²) in [5.74, 6) is 0.659. The number of aromatic nitrogens is 2. The van der Waals surface area contributed by atoms with Crippen LogP contribution in [-0.4, -0.2) is 9.97 Å². The number of H-pyrrole nitrogens is 1. The number of rotatable bonds is 3. The zero-order valence-electron chi connectivity index (χ0n) is 12.6. The molecule has 0 aliphatic heterocycles. The first-order chi connectivity index (χ1) is 11.7. The third-order valence-electron chi connectivity index (χ3n) is 3.78. The molecule has 0 atom stereocenters. The lowest BCUT2D eigenvalue weighted by Gasteiger charge is -2.01. The van der Waals surface area contributed by atoms with Crippen molar-refractivity contribution in [2.24, 2.45) is 0 Å². The second-order valence-corrected chi connectivity index (χ2v) is 7.00. The number of nitrogens with zero attached hydrogens (tertiary/aromatic N) is 1. The van der Waals surface area contributed by atoms with Gasteiger partial charge >= 0.3 is 0 Å². The van der Waals surface area contributed by atoms with Crippen LogP contribution in [0.15, 0.2) is 65.5 Å². The molecule has 5 heteroatoms. The molecule has 0 amide bonds. The second-order valence-electron chi connectivity index (χ2n) is 5.51. The van der Waals surface area contributed by atoms with Gasteiger partial charge in [-0.05, 0) is 29.3 Å². The van der Waals surface area contributed by atoms with Crippen molar-refractivity contribution in [2.45, 2.75) is 6.42 Å². The van der Waals surface area contributed by atoms with Gasteiger partial charge in [-0.1, -0.05) is 54.1 Å². The van der Waals surface area contributed by atoms with Crippen LogP contribution in [0.25, 0.3) is 20.7 Å². The van der Waals surface area contributed by atoms with Crippen molar-refractivity contribution in [3.63, 3.8) is 0 Å². The highest BCUT2D eigenvalue weighted by Crippen LogP contribution is 2.30. The normalized spacial score (nSPS) is 11.0.